The molecule has 3 fully saturated rings. The maximum absolute atomic E-state index is 13.0. The molecule has 0 spiro atoms. The molecule has 2 heterocycles. The number of amides is 2. The van der Waals surface area contributed by atoms with Crippen LogP contribution in [0.3, 0.4) is 0 Å². The molecule has 2 N–H and O–H groups in total. The highest BCUT2D eigenvalue weighted by Crippen LogP contribution is 2.33. The maximum atomic E-state index is 13.0. The fraction of sp³-hybridized carbons (Fsp3) is 0.882. The number of piperidine rings is 1. The highest BCUT2D eigenvalue weighted by atomic mass is 32.2. The summed E-state index contributed by atoms with van der Waals surface area (Å²) in [6, 6.07) is -0.126. The summed E-state index contributed by atoms with van der Waals surface area (Å²) in [4.78, 5) is 29.5. The van der Waals surface area contributed by atoms with Gasteiger partial charge in [-0.3, -0.25) is 9.59 Å². The number of nitrogens with two attached hydrogens (primary N) is 1. The third-order valence-electron chi connectivity index (χ3n) is 5.78. The number of carbonyl (C=O) groups is 2. The molecule has 3 rings (SSSR count). The van der Waals surface area contributed by atoms with E-state index in [0.29, 0.717) is 12.4 Å². The second-order valence-corrected chi connectivity index (χ2v) is 8.95. The maximum Gasteiger partial charge on any atom is 0.246 e. The van der Waals surface area contributed by atoms with Gasteiger partial charge in [0, 0.05) is 30.8 Å². The van der Waals surface area contributed by atoms with Crippen LogP contribution in [0.5, 0.6) is 0 Å². The Morgan fingerprint density at radius 2 is 1.83 bits per heavy atom. The van der Waals surface area contributed by atoms with Crippen LogP contribution in [-0.4, -0.2) is 58.4 Å². The molecule has 2 saturated heterocycles. The monoisotopic (exact) mass is 339 g/mol. The predicted molar refractivity (Wildman–Crippen MR) is 92.9 cm³/mol. The van der Waals surface area contributed by atoms with E-state index in [1.54, 1.807) is 11.8 Å². The molecule has 23 heavy (non-hydrogen) atoms. The first-order chi connectivity index (χ1) is 10.9. The highest BCUT2D eigenvalue weighted by molar-refractivity contribution is 7.99. The van der Waals surface area contributed by atoms with Crippen molar-refractivity contribution in [3.63, 3.8) is 0 Å². The molecule has 0 aromatic heterocycles. The molecule has 3 aliphatic rings. The molecule has 0 bridgehead atoms. The number of rotatable bonds is 2. The second kappa shape index (κ2) is 6.63. The number of nitrogens with zero attached hydrogens (tertiary/aromatic N) is 2. The van der Waals surface area contributed by atoms with Crippen LogP contribution in [0.1, 0.15) is 46.0 Å². The first-order valence-electron chi connectivity index (χ1n) is 8.83. The van der Waals surface area contributed by atoms with Crippen molar-refractivity contribution in [2.45, 2.75) is 58.0 Å². The number of thioether (sulfide) groups is 1. The lowest BCUT2D eigenvalue weighted by molar-refractivity contribution is -0.147. The van der Waals surface area contributed by atoms with Crippen LogP contribution in [0.25, 0.3) is 0 Å². The van der Waals surface area contributed by atoms with Crippen molar-refractivity contribution in [3.05, 3.63) is 0 Å². The van der Waals surface area contributed by atoms with Gasteiger partial charge in [0.25, 0.3) is 0 Å². The Balaban J connectivity index is 1.67. The summed E-state index contributed by atoms with van der Waals surface area (Å²) in [5, 5.41) is 0. The molecular weight excluding hydrogens is 310 g/mol. The van der Waals surface area contributed by atoms with Crippen LogP contribution < -0.4 is 5.73 Å². The largest absolute Gasteiger partial charge is 0.340 e. The van der Waals surface area contributed by atoms with E-state index < -0.39 is 0 Å². The van der Waals surface area contributed by atoms with Gasteiger partial charge in [0.15, 0.2) is 0 Å². The van der Waals surface area contributed by atoms with E-state index in [-0.39, 0.29) is 35.2 Å². The van der Waals surface area contributed by atoms with Crippen molar-refractivity contribution >= 4 is 23.6 Å². The topological polar surface area (TPSA) is 66.6 Å². The molecule has 6 heteroatoms. The zero-order chi connectivity index (χ0) is 16.6. The molecule has 5 nitrogen and oxygen atoms in total. The van der Waals surface area contributed by atoms with Crippen molar-refractivity contribution in [3.8, 4) is 0 Å². The Labute approximate surface area is 143 Å². The first kappa shape index (κ1) is 17.1. The van der Waals surface area contributed by atoms with Crippen LogP contribution in [0.2, 0.25) is 0 Å². The van der Waals surface area contributed by atoms with E-state index in [1.165, 1.54) is 0 Å². The van der Waals surface area contributed by atoms with E-state index in [1.807, 2.05) is 9.80 Å². The predicted octanol–water partition coefficient (Wildman–Crippen LogP) is 1.66. The van der Waals surface area contributed by atoms with Crippen LogP contribution in [0, 0.1) is 11.3 Å². The summed E-state index contributed by atoms with van der Waals surface area (Å²) in [7, 11) is 0. The van der Waals surface area contributed by atoms with Crippen molar-refractivity contribution in [2.75, 3.05) is 24.7 Å². The standard InChI is InChI=1S/C17H29N3O2S/c1-17(2)10-19(8-7-14(17)18)16(22)13-9-23-11-20(13)15(21)12-5-3-4-6-12/h12-14H,3-11,18H2,1-2H3. The van der Waals surface area contributed by atoms with Gasteiger partial charge in [0.1, 0.15) is 6.04 Å². The molecule has 0 aromatic carbocycles. The molecule has 2 aliphatic heterocycles. The van der Waals surface area contributed by atoms with Gasteiger partial charge in [-0.05, 0) is 24.7 Å². The number of hydrogen-bond donors (Lipinski definition) is 1. The second-order valence-electron chi connectivity index (χ2n) is 7.95. The third-order valence-corrected chi connectivity index (χ3v) is 6.79. The highest BCUT2D eigenvalue weighted by Gasteiger charge is 2.43. The Kier molecular flexibility index (Phi) is 4.93. The lowest BCUT2D eigenvalue weighted by Crippen LogP contribution is -2.58. The van der Waals surface area contributed by atoms with E-state index in [0.717, 1.165) is 44.4 Å². The average Bonchev–Trinajstić information content (AvgIpc) is 3.19. The summed E-state index contributed by atoms with van der Waals surface area (Å²) in [5.41, 5.74) is 6.12. The molecule has 2 atom stereocenters. The summed E-state index contributed by atoms with van der Waals surface area (Å²) >= 11 is 1.70. The molecule has 1 saturated carbocycles. The molecule has 0 aromatic rings. The van der Waals surface area contributed by atoms with E-state index in [2.05, 4.69) is 13.8 Å². The van der Waals surface area contributed by atoms with E-state index >= 15 is 0 Å². The van der Waals surface area contributed by atoms with Crippen LogP contribution >= 0.6 is 11.8 Å². The fourth-order valence-corrected chi connectivity index (χ4v) is 5.20. The summed E-state index contributed by atoms with van der Waals surface area (Å²) in [6.07, 6.45) is 5.12. The lowest BCUT2D eigenvalue weighted by atomic mass is 9.79. The summed E-state index contributed by atoms with van der Waals surface area (Å²) in [5.74, 6) is 1.89. The van der Waals surface area contributed by atoms with Gasteiger partial charge in [-0.2, -0.15) is 0 Å². The molecule has 2 unspecified atom stereocenters. The average molecular weight is 340 g/mol. The van der Waals surface area contributed by atoms with Crippen molar-refractivity contribution < 1.29 is 9.59 Å². The van der Waals surface area contributed by atoms with E-state index in [4.69, 9.17) is 5.73 Å². The van der Waals surface area contributed by atoms with Gasteiger partial charge in [-0.1, -0.05) is 26.7 Å². The van der Waals surface area contributed by atoms with Gasteiger partial charge >= 0.3 is 0 Å². The minimum absolute atomic E-state index is 0.0556. The van der Waals surface area contributed by atoms with Crippen LogP contribution in [0.4, 0.5) is 0 Å². The van der Waals surface area contributed by atoms with E-state index in [9.17, 15) is 9.59 Å². The van der Waals surface area contributed by atoms with Crippen molar-refractivity contribution in [1.29, 1.82) is 0 Å². The minimum atomic E-state index is -0.266. The zero-order valence-corrected chi connectivity index (χ0v) is 15.1. The minimum Gasteiger partial charge on any atom is -0.340 e. The number of hydrogen-bond acceptors (Lipinski definition) is 4. The van der Waals surface area contributed by atoms with Gasteiger partial charge in [0.2, 0.25) is 11.8 Å². The lowest BCUT2D eigenvalue weighted by Gasteiger charge is -2.44. The third kappa shape index (κ3) is 3.38. The Bertz CT molecular complexity index is 476. The van der Waals surface area contributed by atoms with Crippen LogP contribution in [-0.2, 0) is 9.59 Å². The molecule has 130 valence electrons. The van der Waals surface area contributed by atoms with Crippen molar-refractivity contribution in [2.24, 2.45) is 17.1 Å². The SMILES string of the molecule is CC1(C)CN(C(=O)C2CSCN2C(=O)C2CCCC2)CCC1N. The van der Waals surface area contributed by atoms with Gasteiger partial charge in [-0.15, -0.1) is 11.8 Å². The number of likely N-dealkylation sites (tertiary alicyclic amines) is 1. The molecule has 1 aliphatic carbocycles. The van der Waals surface area contributed by atoms with Gasteiger partial charge < -0.3 is 15.5 Å². The molecular formula is C17H29N3O2S. The Morgan fingerprint density at radius 3 is 2.48 bits per heavy atom. The molecule has 2 amide bonds. The zero-order valence-electron chi connectivity index (χ0n) is 14.3. The smallest absolute Gasteiger partial charge is 0.246 e. The normalized spacial score (nSPS) is 31.6. The quantitative estimate of drug-likeness (QED) is 0.831. The summed E-state index contributed by atoms with van der Waals surface area (Å²) in [6.45, 7) is 5.67. The van der Waals surface area contributed by atoms with Crippen LogP contribution in [0.15, 0.2) is 0 Å². The first-order valence-corrected chi connectivity index (χ1v) is 9.98. The Hall–Kier alpha value is -0.750. The Morgan fingerprint density at radius 1 is 1.13 bits per heavy atom. The molecule has 0 radical (unpaired) electrons. The number of carbonyl (C=O) groups excluding carboxylic acids is 2. The van der Waals surface area contributed by atoms with Gasteiger partial charge in [0.05, 0.1) is 5.88 Å². The summed E-state index contributed by atoms with van der Waals surface area (Å²) < 4.78 is 0. The van der Waals surface area contributed by atoms with Gasteiger partial charge in [-0.25, -0.2) is 0 Å². The van der Waals surface area contributed by atoms with Crippen molar-refractivity contribution in [1.82, 2.24) is 9.80 Å². The fourth-order valence-electron chi connectivity index (χ4n) is 4.04.